The van der Waals surface area contributed by atoms with Crippen molar-refractivity contribution >= 4 is 11.6 Å². The van der Waals surface area contributed by atoms with Gasteiger partial charge < -0.3 is 11.1 Å². The third-order valence-electron chi connectivity index (χ3n) is 4.01. The molecule has 2 aromatic carbocycles. The highest BCUT2D eigenvalue weighted by atomic mass is 16.2. The lowest BCUT2D eigenvalue weighted by atomic mass is 10.1. The highest BCUT2D eigenvalue weighted by Crippen LogP contribution is 2.47. The monoisotopic (exact) mass is 280 g/mol. The molecule has 3 nitrogen and oxygen atoms in total. The van der Waals surface area contributed by atoms with Crippen LogP contribution in [0.5, 0.6) is 0 Å². The van der Waals surface area contributed by atoms with Crippen LogP contribution < -0.4 is 11.1 Å². The Bertz CT molecular complexity index is 607. The van der Waals surface area contributed by atoms with Gasteiger partial charge in [0.2, 0.25) is 5.91 Å². The number of benzene rings is 2. The average Bonchev–Trinajstić information content (AvgIpc) is 3.31. The van der Waals surface area contributed by atoms with Gasteiger partial charge in [-0.05, 0) is 48.6 Å². The average molecular weight is 280 g/mol. The fourth-order valence-corrected chi connectivity index (χ4v) is 2.71. The zero-order valence-corrected chi connectivity index (χ0v) is 12.0. The molecular weight excluding hydrogens is 260 g/mol. The first-order valence-corrected chi connectivity index (χ1v) is 7.43. The summed E-state index contributed by atoms with van der Waals surface area (Å²) in [7, 11) is 0. The second kappa shape index (κ2) is 6.10. The van der Waals surface area contributed by atoms with E-state index in [-0.39, 0.29) is 11.8 Å². The van der Waals surface area contributed by atoms with Gasteiger partial charge in [0.1, 0.15) is 0 Å². The van der Waals surface area contributed by atoms with Crippen LogP contribution >= 0.6 is 0 Å². The highest BCUT2D eigenvalue weighted by Gasteiger charge is 2.43. The summed E-state index contributed by atoms with van der Waals surface area (Å²) in [6, 6.07) is 18.2. The molecule has 1 aliphatic carbocycles. The van der Waals surface area contributed by atoms with Crippen molar-refractivity contribution in [1.82, 2.24) is 0 Å². The molecule has 0 radical (unpaired) electrons. The predicted molar refractivity (Wildman–Crippen MR) is 85.1 cm³/mol. The predicted octanol–water partition coefficient (Wildman–Crippen LogP) is 2.93. The maximum Gasteiger partial charge on any atom is 0.228 e. The summed E-state index contributed by atoms with van der Waals surface area (Å²) < 4.78 is 0. The molecule has 0 saturated heterocycles. The minimum atomic E-state index is 0.108. The van der Waals surface area contributed by atoms with Gasteiger partial charge in [-0.3, -0.25) is 4.79 Å². The molecular formula is C18H20N2O. The quantitative estimate of drug-likeness (QED) is 0.884. The lowest BCUT2D eigenvalue weighted by Gasteiger charge is -2.06. The van der Waals surface area contributed by atoms with Gasteiger partial charge >= 0.3 is 0 Å². The summed E-state index contributed by atoms with van der Waals surface area (Å²) in [5, 5.41) is 3.00. The number of anilines is 1. The molecule has 21 heavy (non-hydrogen) atoms. The standard InChI is InChI=1S/C18H20N2O/c19-11-10-13-6-8-15(9-7-13)20-18(21)17-12-16(17)14-4-2-1-3-5-14/h1-9,16-17H,10-12,19H2,(H,20,21). The van der Waals surface area contributed by atoms with E-state index in [0.717, 1.165) is 18.5 Å². The Morgan fingerprint density at radius 3 is 2.48 bits per heavy atom. The van der Waals surface area contributed by atoms with Gasteiger partial charge in [-0.1, -0.05) is 42.5 Å². The first kappa shape index (κ1) is 13.8. The Balaban J connectivity index is 1.58. The first-order chi connectivity index (χ1) is 10.3. The first-order valence-electron chi connectivity index (χ1n) is 7.43. The van der Waals surface area contributed by atoms with Gasteiger partial charge in [0.15, 0.2) is 0 Å². The summed E-state index contributed by atoms with van der Waals surface area (Å²) in [6.45, 7) is 0.645. The molecule has 1 fully saturated rings. The Hall–Kier alpha value is -2.13. The zero-order chi connectivity index (χ0) is 14.7. The van der Waals surface area contributed by atoms with E-state index in [1.54, 1.807) is 0 Å². The zero-order valence-electron chi connectivity index (χ0n) is 12.0. The van der Waals surface area contributed by atoms with Gasteiger partial charge in [-0.15, -0.1) is 0 Å². The van der Waals surface area contributed by atoms with E-state index in [1.807, 2.05) is 42.5 Å². The number of carbonyl (C=O) groups is 1. The number of hydrogen-bond acceptors (Lipinski definition) is 2. The molecule has 0 heterocycles. The number of nitrogens with one attached hydrogen (secondary N) is 1. The van der Waals surface area contributed by atoms with Crippen molar-refractivity contribution in [1.29, 1.82) is 0 Å². The number of hydrogen-bond donors (Lipinski definition) is 2. The van der Waals surface area contributed by atoms with Crippen molar-refractivity contribution < 1.29 is 4.79 Å². The van der Waals surface area contributed by atoms with Crippen molar-refractivity contribution in [3.8, 4) is 0 Å². The maximum atomic E-state index is 12.2. The lowest BCUT2D eigenvalue weighted by Crippen LogP contribution is -2.14. The second-order valence-corrected chi connectivity index (χ2v) is 5.58. The van der Waals surface area contributed by atoms with Gasteiger partial charge in [0, 0.05) is 11.6 Å². The summed E-state index contributed by atoms with van der Waals surface area (Å²) >= 11 is 0. The maximum absolute atomic E-state index is 12.2. The van der Waals surface area contributed by atoms with Crippen molar-refractivity contribution in [2.45, 2.75) is 18.8 Å². The minimum absolute atomic E-state index is 0.108. The van der Waals surface area contributed by atoms with Crippen molar-refractivity contribution in [2.24, 2.45) is 11.7 Å². The van der Waals surface area contributed by atoms with E-state index in [1.165, 1.54) is 11.1 Å². The van der Waals surface area contributed by atoms with Crippen LogP contribution in [-0.2, 0) is 11.2 Å². The normalized spacial score (nSPS) is 20.0. The number of carbonyl (C=O) groups excluding carboxylic acids is 1. The Morgan fingerprint density at radius 2 is 1.81 bits per heavy atom. The van der Waals surface area contributed by atoms with Gasteiger partial charge in [-0.25, -0.2) is 0 Å². The van der Waals surface area contributed by atoms with Crippen LogP contribution in [0.4, 0.5) is 5.69 Å². The summed E-state index contributed by atoms with van der Waals surface area (Å²) in [5.74, 6) is 0.606. The molecule has 0 bridgehead atoms. The number of amides is 1. The third kappa shape index (κ3) is 3.31. The fraction of sp³-hybridized carbons (Fsp3) is 0.278. The number of nitrogens with two attached hydrogens (primary N) is 1. The van der Waals surface area contributed by atoms with Crippen molar-refractivity contribution in [3.05, 3.63) is 65.7 Å². The van der Waals surface area contributed by atoms with Crippen LogP contribution in [0.3, 0.4) is 0 Å². The van der Waals surface area contributed by atoms with E-state index in [0.29, 0.717) is 12.5 Å². The van der Waals surface area contributed by atoms with Crippen LogP contribution in [0.1, 0.15) is 23.5 Å². The van der Waals surface area contributed by atoms with E-state index in [9.17, 15) is 4.79 Å². The molecule has 2 atom stereocenters. The Morgan fingerprint density at radius 1 is 1.10 bits per heavy atom. The summed E-state index contributed by atoms with van der Waals surface area (Å²) in [6.07, 6.45) is 1.81. The molecule has 3 heteroatoms. The van der Waals surface area contributed by atoms with Gasteiger partial charge in [0.25, 0.3) is 0 Å². The Labute approximate surface area is 125 Å². The van der Waals surface area contributed by atoms with Crippen LogP contribution in [0.15, 0.2) is 54.6 Å². The molecule has 1 amide bonds. The Kier molecular flexibility index (Phi) is 4.02. The third-order valence-corrected chi connectivity index (χ3v) is 4.01. The minimum Gasteiger partial charge on any atom is -0.330 e. The van der Waals surface area contributed by atoms with E-state index in [4.69, 9.17) is 5.73 Å². The smallest absolute Gasteiger partial charge is 0.228 e. The van der Waals surface area contributed by atoms with Crippen LogP contribution in [0.2, 0.25) is 0 Å². The number of rotatable bonds is 5. The summed E-state index contributed by atoms with van der Waals surface area (Å²) in [4.78, 5) is 12.2. The molecule has 3 rings (SSSR count). The molecule has 0 spiro atoms. The molecule has 108 valence electrons. The van der Waals surface area contributed by atoms with Crippen LogP contribution in [-0.4, -0.2) is 12.5 Å². The SMILES string of the molecule is NCCc1ccc(NC(=O)C2CC2c2ccccc2)cc1. The largest absolute Gasteiger partial charge is 0.330 e. The van der Waals surface area contributed by atoms with Crippen molar-refractivity contribution in [2.75, 3.05) is 11.9 Å². The molecule has 1 aliphatic rings. The topological polar surface area (TPSA) is 55.1 Å². The van der Waals surface area contributed by atoms with E-state index < -0.39 is 0 Å². The molecule has 2 aromatic rings. The second-order valence-electron chi connectivity index (χ2n) is 5.58. The van der Waals surface area contributed by atoms with Crippen LogP contribution in [0.25, 0.3) is 0 Å². The lowest BCUT2D eigenvalue weighted by molar-refractivity contribution is -0.117. The van der Waals surface area contributed by atoms with Crippen LogP contribution in [0, 0.1) is 5.92 Å². The fourth-order valence-electron chi connectivity index (χ4n) is 2.71. The highest BCUT2D eigenvalue weighted by molar-refractivity contribution is 5.95. The molecule has 2 unspecified atom stereocenters. The molecule has 0 aliphatic heterocycles. The van der Waals surface area contributed by atoms with Gasteiger partial charge in [-0.2, -0.15) is 0 Å². The van der Waals surface area contributed by atoms with Gasteiger partial charge in [0.05, 0.1) is 0 Å². The van der Waals surface area contributed by atoms with E-state index in [2.05, 4.69) is 17.4 Å². The van der Waals surface area contributed by atoms with E-state index >= 15 is 0 Å². The van der Waals surface area contributed by atoms with Crippen molar-refractivity contribution in [3.63, 3.8) is 0 Å². The molecule has 1 saturated carbocycles. The molecule has 3 N–H and O–H groups in total. The molecule has 0 aromatic heterocycles. The summed E-state index contributed by atoms with van der Waals surface area (Å²) in [5.41, 5.74) is 8.85.